The number of amidine groups is 1. The van der Waals surface area contributed by atoms with E-state index in [0.717, 1.165) is 18.9 Å². The van der Waals surface area contributed by atoms with E-state index in [9.17, 15) is 0 Å². The van der Waals surface area contributed by atoms with Gasteiger partial charge in [-0.05, 0) is 24.7 Å². The lowest BCUT2D eigenvalue weighted by molar-refractivity contribution is 0.275. The van der Waals surface area contributed by atoms with Crippen LogP contribution in [0.5, 0.6) is 0 Å². The average molecular weight is 196 g/mol. The molecule has 2 nitrogen and oxygen atoms in total. The molecule has 1 aliphatic heterocycles. The van der Waals surface area contributed by atoms with Gasteiger partial charge in [0.2, 0.25) is 0 Å². The van der Waals surface area contributed by atoms with Gasteiger partial charge in [-0.25, -0.2) is 0 Å². The summed E-state index contributed by atoms with van der Waals surface area (Å²) in [5, 5.41) is 7.99. The minimum Gasteiger partial charge on any atom is -0.360 e. The van der Waals surface area contributed by atoms with E-state index in [1.54, 1.807) is 0 Å². The number of nitrogens with one attached hydrogen (secondary N) is 1. The molecule has 0 spiro atoms. The topological polar surface area (TPSA) is 27.1 Å². The van der Waals surface area contributed by atoms with Gasteiger partial charge >= 0.3 is 0 Å². The van der Waals surface area contributed by atoms with E-state index in [2.05, 4.69) is 32.6 Å². The molecular formula is C12H24N2. The summed E-state index contributed by atoms with van der Waals surface area (Å²) in [6.07, 6.45) is 3.78. The summed E-state index contributed by atoms with van der Waals surface area (Å²) in [4.78, 5) is 2.28. The van der Waals surface area contributed by atoms with Gasteiger partial charge in [0.1, 0.15) is 0 Å². The molecule has 1 fully saturated rings. The van der Waals surface area contributed by atoms with E-state index < -0.39 is 0 Å². The average Bonchev–Trinajstić information content (AvgIpc) is 2.61. The van der Waals surface area contributed by atoms with Crippen molar-refractivity contribution in [1.82, 2.24) is 4.90 Å². The minimum absolute atomic E-state index is 0.375. The predicted octanol–water partition coefficient (Wildman–Crippen LogP) is 3.13. The first-order valence-corrected chi connectivity index (χ1v) is 5.88. The Balaban J connectivity index is 2.60. The summed E-state index contributed by atoms with van der Waals surface area (Å²) in [6.45, 7) is 11.0. The van der Waals surface area contributed by atoms with Gasteiger partial charge in [0, 0.05) is 19.0 Å². The third-order valence-corrected chi connectivity index (χ3v) is 3.83. The lowest BCUT2D eigenvalue weighted by atomic mass is 9.82. The lowest BCUT2D eigenvalue weighted by Crippen LogP contribution is -2.34. The first-order valence-electron chi connectivity index (χ1n) is 5.88. The number of hydrogen-bond acceptors (Lipinski definition) is 1. The molecular weight excluding hydrogens is 172 g/mol. The fourth-order valence-corrected chi connectivity index (χ4v) is 2.33. The van der Waals surface area contributed by atoms with Crippen molar-refractivity contribution < 1.29 is 0 Å². The van der Waals surface area contributed by atoms with E-state index in [0.29, 0.717) is 11.3 Å². The van der Waals surface area contributed by atoms with Crippen LogP contribution in [-0.2, 0) is 0 Å². The SMILES string of the molecule is CCC1(CC)CCN(C(=N)C(C)C)C1. The lowest BCUT2D eigenvalue weighted by Gasteiger charge is -2.28. The smallest absolute Gasteiger partial charge is 0.0984 e. The zero-order chi connectivity index (χ0) is 10.8. The summed E-state index contributed by atoms with van der Waals surface area (Å²) >= 11 is 0. The number of likely N-dealkylation sites (tertiary alicyclic amines) is 1. The second kappa shape index (κ2) is 4.33. The molecule has 82 valence electrons. The van der Waals surface area contributed by atoms with Crippen LogP contribution >= 0.6 is 0 Å². The van der Waals surface area contributed by atoms with Crippen molar-refractivity contribution in [1.29, 1.82) is 5.41 Å². The summed E-state index contributed by atoms with van der Waals surface area (Å²) < 4.78 is 0. The fraction of sp³-hybridized carbons (Fsp3) is 0.917. The van der Waals surface area contributed by atoms with E-state index >= 15 is 0 Å². The Hall–Kier alpha value is -0.530. The second-order valence-electron chi connectivity index (χ2n) is 4.92. The maximum Gasteiger partial charge on any atom is 0.0984 e. The number of hydrogen-bond donors (Lipinski definition) is 1. The van der Waals surface area contributed by atoms with Crippen LogP contribution in [0.2, 0.25) is 0 Å². The third-order valence-electron chi connectivity index (χ3n) is 3.83. The Morgan fingerprint density at radius 2 is 1.93 bits per heavy atom. The first kappa shape index (κ1) is 11.5. The second-order valence-corrected chi connectivity index (χ2v) is 4.92. The summed E-state index contributed by atoms with van der Waals surface area (Å²) in [5.74, 6) is 1.20. The molecule has 0 unspecified atom stereocenters. The Morgan fingerprint density at radius 3 is 2.29 bits per heavy atom. The summed E-state index contributed by atoms with van der Waals surface area (Å²) in [5.41, 5.74) is 0.501. The maximum atomic E-state index is 7.99. The van der Waals surface area contributed by atoms with E-state index in [1.165, 1.54) is 19.3 Å². The minimum atomic E-state index is 0.375. The van der Waals surface area contributed by atoms with Gasteiger partial charge in [0.05, 0.1) is 5.84 Å². The summed E-state index contributed by atoms with van der Waals surface area (Å²) in [6, 6.07) is 0. The maximum absolute atomic E-state index is 7.99. The monoisotopic (exact) mass is 196 g/mol. The molecule has 1 saturated heterocycles. The quantitative estimate of drug-likeness (QED) is 0.545. The van der Waals surface area contributed by atoms with Crippen molar-refractivity contribution in [3.05, 3.63) is 0 Å². The zero-order valence-electron chi connectivity index (χ0n) is 10.1. The predicted molar refractivity (Wildman–Crippen MR) is 61.8 cm³/mol. The van der Waals surface area contributed by atoms with Gasteiger partial charge < -0.3 is 4.90 Å². The largest absolute Gasteiger partial charge is 0.360 e. The van der Waals surface area contributed by atoms with Crippen LogP contribution in [0.15, 0.2) is 0 Å². The molecule has 0 atom stereocenters. The van der Waals surface area contributed by atoms with Crippen molar-refractivity contribution in [3.63, 3.8) is 0 Å². The molecule has 1 rings (SSSR count). The van der Waals surface area contributed by atoms with Crippen LogP contribution in [0, 0.1) is 16.7 Å². The van der Waals surface area contributed by atoms with Crippen molar-refractivity contribution in [3.8, 4) is 0 Å². The Bertz CT molecular complexity index is 204. The number of nitrogens with zero attached hydrogens (tertiary/aromatic N) is 1. The van der Waals surface area contributed by atoms with Crippen LogP contribution < -0.4 is 0 Å². The van der Waals surface area contributed by atoms with Gasteiger partial charge in [0.25, 0.3) is 0 Å². The van der Waals surface area contributed by atoms with Crippen molar-refractivity contribution in [2.75, 3.05) is 13.1 Å². The molecule has 1 heterocycles. The molecule has 1 aliphatic rings. The molecule has 0 aromatic heterocycles. The number of rotatable bonds is 3. The molecule has 0 amide bonds. The van der Waals surface area contributed by atoms with E-state index in [1.807, 2.05) is 0 Å². The van der Waals surface area contributed by atoms with Gasteiger partial charge in [0.15, 0.2) is 0 Å². The van der Waals surface area contributed by atoms with E-state index in [-0.39, 0.29) is 0 Å². The van der Waals surface area contributed by atoms with Crippen molar-refractivity contribution in [2.45, 2.75) is 47.0 Å². The molecule has 1 N–H and O–H groups in total. The van der Waals surface area contributed by atoms with Gasteiger partial charge in [-0.2, -0.15) is 0 Å². The standard InChI is InChI=1S/C12H24N2/c1-5-12(6-2)7-8-14(9-12)11(13)10(3)4/h10,13H,5-9H2,1-4H3. The highest BCUT2D eigenvalue weighted by Crippen LogP contribution is 2.37. The molecule has 0 bridgehead atoms. The zero-order valence-corrected chi connectivity index (χ0v) is 10.1. The van der Waals surface area contributed by atoms with Crippen LogP contribution in [0.1, 0.15) is 47.0 Å². The molecule has 0 radical (unpaired) electrons. The highest BCUT2D eigenvalue weighted by molar-refractivity contribution is 5.81. The van der Waals surface area contributed by atoms with Crippen LogP contribution in [0.3, 0.4) is 0 Å². The Kier molecular flexibility index (Phi) is 3.57. The van der Waals surface area contributed by atoms with Crippen molar-refractivity contribution in [2.24, 2.45) is 11.3 Å². The summed E-state index contributed by atoms with van der Waals surface area (Å²) in [7, 11) is 0. The van der Waals surface area contributed by atoms with Crippen molar-refractivity contribution >= 4 is 5.84 Å². The third kappa shape index (κ3) is 2.10. The fourth-order valence-electron chi connectivity index (χ4n) is 2.33. The molecule has 0 aromatic carbocycles. The van der Waals surface area contributed by atoms with Crippen LogP contribution in [0.4, 0.5) is 0 Å². The molecule has 0 aromatic rings. The van der Waals surface area contributed by atoms with Gasteiger partial charge in [-0.15, -0.1) is 0 Å². The Morgan fingerprint density at radius 1 is 1.36 bits per heavy atom. The normalized spacial score (nSPS) is 20.5. The van der Waals surface area contributed by atoms with Crippen LogP contribution in [0.25, 0.3) is 0 Å². The van der Waals surface area contributed by atoms with Gasteiger partial charge in [-0.3, -0.25) is 5.41 Å². The first-order chi connectivity index (χ1) is 6.54. The molecule has 0 aliphatic carbocycles. The highest BCUT2D eigenvalue weighted by atomic mass is 15.2. The molecule has 14 heavy (non-hydrogen) atoms. The Labute approximate surface area is 88.2 Å². The van der Waals surface area contributed by atoms with Crippen LogP contribution in [-0.4, -0.2) is 23.8 Å². The van der Waals surface area contributed by atoms with Gasteiger partial charge in [-0.1, -0.05) is 27.7 Å². The molecule has 0 saturated carbocycles. The molecule has 2 heteroatoms. The highest BCUT2D eigenvalue weighted by Gasteiger charge is 2.36. The van der Waals surface area contributed by atoms with E-state index in [4.69, 9.17) is 5.41 Å².